The number of rotatable bonds is 3. The van der Waals surface area contributed by atoms with E-state index in [4.69, 9.17) is 0 Å². The second-order valence-electron chi connectivity index (χ2n) is 4.68. The third-order valence-electron chi connectivity index (χ3n) is 1.86. The minimum atomic E-state index is -0.686. The molecule has 98 valence electrons. The number of hydrogen-bond donors (Lipinski definition) is 1. The predicted molar refractivity (Wildman–Crippen MR) is 70.8 cm³/mol. The standard InChI is InChI=1S/C13H15F2NOS/c1-5-11(17)16-8-6-9(14)12(10(15)7-8)18-13(2,3)4/h5-7H,1H2,2-4H3,(H,16,17). The van der Waals surface area contributed by atoms with Crippen molar-refractivity contribution in [3.63, 3.8) is 0 Å². The fraction of sp³-hybridized carbons (Fsp3) is 0.308. The molecule has 0 bridgehead atoms. The number of anilines is 1. The zero-order chi connectivity index (χ0) is 13.9. The third kappa shape index (κ3) is 4.14. The Morgan fingerprint density at radius 2 is 1.83 bits per heavy atom. The molecule has 1 aromatic carbocycles. The Bertz CT molecular complexity index is 457. The number of carbonyl (C=O) groups is 1. The van der Waals surface area contributed by atoms with Crippen LogP contribution in [0.2, 0.25) is 0 Å². The molecule has 0 unspecified atom stereocenters. The lowest BCUT2D eigenvalue weighted by atomic mass is 10.2. The van der Waals surface area contributed by atoms with E-state index >= 15 is 0 Å². The first-order valence-electron chi connectivity index (χ1n) is 5.34. The van der Waals surface area contributed by atoms with Gasteiger partial charge in [0.1, 0.15) is 11.6 Å². The molecule has 0 aliphatic heterocycles. The maximum absolute atomic E-state index is 13.8. The normalized spacial score (nSPS) is 11.2. The van der Waals surface area contributed by atoms with Gasteiger partial charge in [0, 0.05) is 10.4 Å². The molecule has 1 rings (SSSR count). The molecule has 18 heavy (non-hydrogen) atoms. The Balaban J connectivity index is 3.04. The van der Waals surface area contributed by atoms with E-state index in [1.165, 1.54) is 0 Å². The van der Waals surface area contributed by atoms with Crippen molar-refractivity contribution < 1.29 is 13.6 Å². The zero-order valence-electron chi connectivity index (χ0n) is 10.5. The number of nitrogens with one attached hydrogen (secondary N) is 1. The van der Waals surface area contributed by atoms with Crippen LogP contribution in [0.5, 0.6) is 0 Å². The first-order valence-corrected chi connectivity index (χ1v) is 6.16. The second-order valence-corrected chi connectivity index (χ2v) is 6.51. The van der Waals surface area contributed by atoms with Gasteiger partial charge in [-0.1, -0.05) is 27.4 Å². The van der Waals surface area contributed by atoms with Crippen molar-refractivity contribution >= 4 is 23.4 Å². The SMILES string of the molecule is C=CC(=O)Nc1cc(F)c(SC(C)(C)C)c(F)c1. The van der Waals surface area contributed by atoms with Crippen LogP contribution in [-0.2, 0) is 4.79 Å². The van der Waals surface area contributed by atoms with Crippen molar-refractivity contribution in [2.24, 2.45) is 0 Å². The molecule has 5 heteroatoms. The highest BCUT2D eigenvalue weighted by molar-refractivity contribution is 8.00. The fourth-order valence-corrected chi connectivity index (χ4v) is 2.15. The Kier molecular flexibility index (Phi) is 4.51. The lowest BCUT2D eigenvalue weighted by Gasteiger charge is -2.18. The maximum Gasteiger partial charge on any atom is 0.247 e. The van der Waals surface area contributed by atoms with Gasteiger partial charge in [-0.25, -0.2) is 8.78 Å². The van der Waals surface area contributed by atoms with Gasteiger partial charge in [-0.3, -0.25) is 4.79 Å². The van der Waals surface area contributed by atoms with Crippen LogP contribution in [0.1, 0.15) is 20.8 Å². The molecule has 1 N–H and O–H groups in total. The van der Waals surface area contributed by atoms with Gasteiger partial charge in [0.2, 0.25) is 5.91 Å². The lowest BCUT2D eigenvalue weighted by Crippen LogP contribution is -2.10. The summed E-state index contributed by atoms with van der Waals surface area (Å²) in [6, 6.07) is 2.19. The van der Waals surface area contributed by atoms with Gasteiger partial charge in [-0.05, 0) is 18.2 Å². The molecule has 0 atom stereocenters. The van der Waals surface area contributed by atoms with Crippen molar-refractivity contribution in [2.75, 3.05) is 5.32 Å². The van der Waals surface area contributed by atoms with Crippen LogP contribution in [0.15, 0.2) is 29.7 Å². The monoisotopic (exact) mass is 271 g/mol. The topological polar surface area (TPSA) is 29.1 Å². The molecule has 0 heterocycles. The predicted octanol–water partition coefficient (Wildman–Crippen LogP) is 3.98. The van der Waals surface area contributed by atoms with Crippen molar-refractivity contribution in [2.45, 2.75) is 30.4 Å². The Labute approximate surface area is 109 Å². The average Bonchev–Trinajstić information content (AvgIpc) is 2.22. The van der Waals surface area contributed by atoms with E-state index < -0.39 is 17.5 Å². The molecule has 0 spiro atoms. The van der Waals surface area contributed by atoms with E-state index in [9.17, 15) is 13.6 Å². The van der Waals surface area contributed by atoms with E-state index in [0.29, 0.717) is 0 Å². The summed E-state index contributed by atoms with van der Waals surface area (Å²) in [6.07, 6.45) is 1.04. The van der Waals surface area contributed by atoms with Gasteiger partial charge in [-0.15, -0.1) is 11.8 Å². The van der Waals surface area contributed by atoms with Crippen molar-refractivity contribution in [3.8, 4) is 0 Å². The van der Waals surface area contributed by atoms with Gasteiger partial charge in [0.15, 0.2) is 0 Å². The summed E-state index contributed by atoms with van der Waals surface area (Å²) < 4.78 is 27.2. The lowest BCUT2D eigenvalue weighted by molar-refractivity contribution is -0.111. The molecule has 0 saturated heterocycles. The van der Waals surface area contributed by atoms with Crippen LogP contribution >= 0.6 is 11.8 Å². The zero-order valence-corrected chi connectivity index (χ0v) is 11.3. The molecular formula is C13H15F2NOS. The smallest absolute Gasteiger partial charge is 0.247 e. The Morgan fingerprint density at radius 3 is 2.22 bits per heavy atom. The molecule has 0 aliphatic carbocycles. The summed E-state index contributed by atoms with van der Waals surface area (Å²) in [6.45, 7) is 8.86. The van der Waals surface area contributed by atoms with E-state index in [-0.39, 0.29) is 15.3 Å². The molecule has 0 aliphatic rings. The van der Waals surface area contributed by atoms with Crippen LogP contribution < -0.4 is 5.32 Å². The first-order chi connectivity index (χ1) is 8.23. The van der Waals surface area contributed by atoms with Gasteiger partial charge in [-0.2, -0.15) is 0 Å². The van der Waals surface area contributed by atoms with Crippen molar-refractivity contribution in [3.05, 3.63) is 36.4 Å². The van der Waals surface area contributed by atoms with Crippen LogP contribution in [-0.4, -0.2) is 10.7 Å². The molecule has 1 amide bonds. The summed E-state index contributed by atoms with van der Waals surface area (Å²) in [7, 11) is 0. The molecule has 2 nitrogen and oxygen atoms in total. The van der Waals surface area contributed by atoms with Crippen molar-refractivity contribution in [1.29, 1.82) is 0 Å². The maximum atomic E-state index is 13.8. The highest BCUT2D eigenvalue weighted by Gasteiger charge is 2.19. The third-order valence-corrected chi connectivity index (χ3v) is 3.07. The molecular weight excluding hydrogens is 256 g/mol. The van der Waals surface area contributed by atoms with E-state index in [0.717, 1.165) is 30.0 Å². The molecule has 1 aromatic rings. The van der Waals surface area contributed by atoms with Gasteiger partial charge in [0.05, 0.1) is 4.90 Å². The summed E-state index contributed by atoms with van der Waals surface area (Å²) in [5.74, 6) is -1.88. The minimum Gasteiger partial charge on any atom is -0.322 e. The number of benzene rings is 1. The summed E-state index contributed by atoms with van der Waals surface area (Å²) >= 11 is 1.10. The van der Waals surface area contributed by atoms with Crippen LogP contribution in [0.3, 0.4) is 0 Å². The van der Waals surface area contributed by atoms with Gasteiger partial charge < -0.3 is 5.32 Å². The molecule has 0 saturated carbocycles. The molecule has 0 aromatic heterocycles. The van der Waals surface area contributed by atoms with E-state index in [1.54, 1.807) is 0 Å². The first kappa shape index (κ1) is 14.7. The Hall–Kier alpha value is -1.36. The largest absolute Gasteiger partial charge is 0.322 e. The molecule has 0 radical (unpaired) electrons. The quantitative estimate of drug-likeness (QED) is 0.665. The van der Waals surface area contributed by atoms with Gasteiger partial charge >= 0.3 is 0 Å². The highest BCUT2D eigenvalue weighted by Crippen LogP contribution is 2.36. The number of thioether (sulfide) groups is 1. The van der Waals surface area contributed by atoms with Crippen LogP contribution in [0.25, 0.3) is 0 Å². The second kappa shape index (κ2) is 5.52. The summed E-state index contributed by atoms with van der Waals surface area (Å²) in [5, 5.41) is 2.32. The Morgan fingerprint density at radius 1 is 1.33 bits per heavy atom. The van der Waals surface area contributed by atoms with Crippen molar-refractivity contribution in [1.82, 2.24) is 0 Å². The highest BCUT2D eigenvalue weighted by atomic mass is 32.2. The van der Waals surface area contributed by atoms with Crippen LogP contribution in [0, 0.1) is 11.6 Å². The average molecular weight is 271 g/mol. The molecule has 0 fully saturated rings. The van der Waals surface area contributed by atoms with E-state index in [1.807, 2.05) is 20.8 Å². The number of halogens is 2. The number of hydrogen-bond acceptors (Lipinski definition) is 2. The minimum absolute atomic E-state index is 0.0425. The summed E-state index contributed by atoms with van der Waals surface area (Å²) in [5.41, 5.74) is 0.0770. The van der Waals surface area contributed by atoms with Crippen LogP contribution in [0.4, 0.5) is 14.5 Å². The number of carbonyl (C=O) groups excluding carboxylic acids is 1. The fourth-order valence-electron chi connectivity index (χ4n) is 1.23. The van der Waals surface area contributed by atoms with E-state index in [2.05, 4.69) is 11.9 Å². The van der Waals surface area contributed by atoms with Gasteiger partial charge in [0.25, 0.3) is 0 Å². The summed E-state index contributed by atoms with van der Waals surface area (Å²) in [4.78, 5) is 11.0. The number of amides is 1.